The van der Waals surface area contributed by atoms with Crippen molar-refractivity contribution in [2.45, 2.75) is 33.1 Å². The first kappa shape index (κ1) is 9.05. The molecule has 0 radical (unpaired) electrons. The van der Waals surface area contributed by atoms with Gasteiger partial charge < -0.3 is 4.90 Å². The topological polar surface area (TPSA) is 3.24 Å². The highest BCUT2D eigenvalue weighted by Crippen LogP contribution is 2.48. The molecule has 2 atom stereocenters. The lowest BCUT2D eigenvalue weighted by molar-refractivity contribution is 0.0474. The van der Waals surface area contributed by atoms with E-state index in [1.54, 1.807) is 0 Å². The molecule has 0 aromatic heterocycles. The minimum Gasteiger partial charge on any atom is -0.309 e. The second-order valence-electron chi connectivity index (χ2n) is 4.65. The van der Waals surface area contributed by atoms with Gasteiger partial charge in [0.05, 0.1) is 0 Å². The third kappa shape index (κ3) is 1.96. The summed E-state index contributed by atoms with van der Waals surface area (Å²) in [4.78, 5) is 2.29. The molecule has 2 unspecified atom stereocenters. The van der Waals surface area contributed by atoms with E-state index in [0.717, 1.165) is 5.92 Å². The summed E-state index contributed by atoms with van der Waals surface area (Å²) in [6.07, 6.45) is 4.27. The minimum absolute atomic E-state index is 0.671. The molecule has 1 aliphatic rings. The van der Waals surface area contributed by atoms with E-state index in [2.05, 4.69) is 32.8 Å². The van der Waals surface area contributed by atoms with E-state index < -0.39 is 0 Å². The highest BCUT2D eigenvalue weighted by atomic mass is 15.0. The Hall–Kier alpha value is -0.0400. The van der Waals surface area contributed by atoms with Gasteiger partial charge in [0, 0.05) is 0 Å². The van der Waals surface area contributed by atoms with Gasteiger partial charge in [-0.1, -0.05) is 13.8 Å². The average Bonchev–Trinajstić information content (AvgIpc) is 1.97. The Morgan fingerprint density at radius 1 is 1.45 bits per heavy atom. The van der Waals surface area contributed by atoms with Gasteiger partial charge in [-0.3, -0.25) is 0 Å². The largest absolute Gasteiger partial charge is 0.309 e. The van der Waals surface area contributed by atoms with Crippen LogP contribution in [-0.2, 0) is 0 Å². The van der Waals surface area contributed by atoms with Crippen molar-refractivity contribution in [1.29, 1.82) is 0 Å². The van der Waals surface area contributed by atoms with Gasteiger partial charge >= 0.3 is 0 Å². The van der Waals surface area contributed by atoms with Gasteiger partial charge in [-0.15, -0.1) is 0 Å². The third-order valence-electron chi connectivity index (χ3n) is 3.47. The Morgan fingerprint density at radius 2 is 2.09 bits per heavy atom. The van der Waals surface area contributed by atoms with Crippen molar-refractivity contribution < 1.29 is 0 Å². The van der Waals surface area contributed by atoms with Crippen molar-refractivity contribution in [2.24, 2.45) is 11.3 Å². The van der Waals surface area contributed by atoms with Gasteiger partial charge in [-0.05, 0) is 51.2 Å². The summed E-state index contributed by atoms with van der Waals surface area (Å²) in [7, 11) is 4.32. The summed E-state index contributed by atoms with van der Waals surface area (Å²) >= 11 is 0. The molecular weight excluding hydrogens is 134 g/mol. The maximum Gasteiger partial charge on any atom is -0.00195 e. The van der Waals surface area contributed by atoms with Crippen LogP contribution in [-0.4, -0.2) is 25.5 Å². The molecule has 11 heavy (non-hydrogen) atoms. The molecule has 0 aromatic carbocycles. The van der Waals surface area contributed by atoms with Crippen LogP contribution in [0.3, 0.4) is 0 Å². The fraction of sp³-hybridized carbons (Fsp3) is 1.00. The predicted molar refractivity (Wildman–Crippen MR) is 49.7 cm³/mol. The van der Waals surface area contributed by atoms with E-state index in [4.69, 9.17) is 0 Å². The van der Waals surface area contributed by atoms with Gasteiger partial charge in [0.1, 0.15) is 0 Å². The molecule has 0 bridgehead atoms. The van der Waals surface area contributed by atoms with Gasteiger partial charge in [0.15, 0.2) is 0 Å². The SMILES string of the molecule is CC1CCC1(C)CCN(C)C. The first-order valence-corrected chi connectivity index (χ1v) is 4.69. The zero-order chi connectivity index (χ0) is 8.48. The van der Waals surface area contributed by atoms with Crippen LogP contribution in [0, 0.1) is 11.3 Å². The van der Waals surface area contributed by atoms with E-state index in [1.807, 2.05) is 0 Å². The molecule has 1 nitrogen and oxygen atoms in total. The van der Waals surface area contributed by atoms with Crippen molar-refractivity contribution in [1.82, 2.24) is 4.90 Å². The van der Waals surface area contributed by atoms with E-state index >= 15 is 0 Å². The number of rotatable bonds is 3. The van der Waals surface area contributed by atoms with Crippen molar-refractivity contribution in [3.8, 4) is 0 Å². The maximum absolute atomic E-state index is 2.44. The minimum atomic E-state index is 0.671. The number of hydrogen-bond acceptors (Lipinski definition) is 1. The lowest BCUT2D eigenvalue weighted by Crippen LogP contribution is -2.37. The standard InChI is InChI=1S/C10H21N/c1-9-5-6-10(9,2)7-8-11(3)4/h9H,5-8H2,1-4H3. The molecule has 1 rings (SSSR count). The molecule has 1 fully saturated rings. The smallest absolute Gasteiger partial charge is 0.00195 e. The van der Waals surface area contributed by atoms with Gasteiger partial charge in [0.2, 0.25) is 0 Å². The van der Waals surface area contributed by atoms with Crippen LogP contribution in [0.1, 0.15) is 33.1 Å². The molecular formula is C10H21N. The van der Waals surface area contributed by atoms with Crippen LogP contribution in [0.2, 0.25) is 0 Å². The average molecular weight is 155 g/mol. The molecule has 0 N–H and O–H groups in total. The summed E-state index contributed by atoms with van der Waals surface area (Å²) in [6, 6.07) is 0. The zero-order valence-corrected chi connectivity index (χ0v) is 8.35. The molecule has 0 spiro atoms. The summed E-state index contributed by atoms with van der Waals surface area (Å²) in [5.41, 5.74) is 0.671. The summed E-state index contributed by atoms with van der Waals surface area (Å²) in [5.74, 6) is 0.961. The highest BCUT2D eigenvalue weighted by Gasteiger charge is 2.38. The molecule has 0 saturated heterocycles. The van der Waals surface area contributed by atoms with Crippen molar-refractivity contribution in [3.05, 3.63) is 0 Å². The second kappa shape index (κ2) is 3.14. The lowest BCUT2D eigenvalue weighted by Gasteiger charge is -2.46. The lowest BCUT2D eigenvalue weighted by atomic mass is 9.60. The Labute approximate surface area is 70.8 Å². The molecule has 1 saturated carbocycles. The molecule has 1 aliphatic carbocycles. The Morgan fingerprint density at radius 3 is 2.36 bits per heavy atom. The zero-order valence-electron chi connectivity index (χ0n) is 8.35. The Balaban J connectivity index is 2.25. The number of hydrogen-bond donors (Lipinski definition) is 0. The fourth-order valence-corrected chi connectivity index (χ4v) is 1.78. The maximum atomic E-state index is 2.44. The first-order valence-electron chi connectivity index (χ1n) is 4.69. The van der Waals surface area contributed by atoms with Crippen molar-refractivity contribution in [3.63, 3.8) is 0 Å². The van der Waals surface area contributed by atoms with E-state index in [1.165, 1.54) is 25.8 Å². The van der Waals surface area contributed by atoms with Crippen molar-refractivity contribution >= 4 is 0 Å². The van der Waals surface area contributed by atoms with Gasteiger partial charge in [0.25, 0.3) is 0 Å². The monoisotopic (exact) mass is 155 g/mol. The summed E-state index contributed by atoms with van der Waals surface area (Å²) in [6.45, 7) is 6.07. The van der Waals surface area contributed by atoms with Crippen LogP contribution in [0.15, 0.2) is 0 Å². The summed E-state index contributed by atoms with van der Waals surface area (Å²) in [5, 5.41) is 0. The van der Waals surface area contributed by atoms with E-state index in [9.17, 15) is 0 Å². The molecule has 0 amide bonds. The second-order valence-corrected chi connectivity index (χ2v) is 4.65. The molecule has 66 valence electrons. The quantitative estimate of drug-likeness (QED) is 0.605. The van der Waals surface area contributed by atoms with Crippen LogP contribution in [0.5, 0.6) is 0 Å². The molecule has 0 aliphatic heterocycles. The first-order chi connectivity index (χ1) is 5.04. The van der Waals surface area contributed by atoms with Crippen LogP contribution in [0.4, 0.5) is 0 Å². The van der Waals surface area contributed by atoms with Crippen molar-refractivity contribution in [2.75, 3.05) is 20.6 Å². The third-order valence-corrected chi connectivity index (χ3v) is 3.47. The van der Waals surface area contributed by atoms with Gasteiger partial charge in [-0.25, -0.2) is 0 Å². The Kier molecular flexibility index (Phi) is 2.58. The molecule has 0 aromatic rings. The summed E-state index contributed by atoms with van der Waals surface area (Å²) < 4.78 is 0. The molecule has 0 heterocycles. The molecule has 1 heteroatoms. The van der Waals surface area contributed by atoms with E-state index in [-0.39, 0.29) is 0 Å². The number of nitrogens with zero attached hydrogens (tertiary/aromatic N) is 1. The normalized spacial score (nSPS) is 37.4. The Bertz CT molecular complexity index is 131. The van der Waals surface area contributed by atoms with E-state index in [0.29, 0.717) is 5.41 Å². The van der Waals surface area contributed by atoms with Crippen LogP contribution >= 0.6 is 0 Å². The van der Waals surface area contributed by atoms with Crippen LogP contribution < -0.4 is 0 Å². The predicted octanol–water partition coefficient (Wildman–Crippen LogP) is 2.37. The van der Waals surface area contributed by atoms with Gasteiger partial charge in [-0.2, -0.15) is 0 Å². The fourth-order valence-electron chi connectivity index (χ4n) is 1.78. The van der Waals surface area contributed by atoms with Crippen LogP contribution in [0.25, 0.3) is 0 Å². The highest BCUT2D eigenvalue weighted by molar-refractivity contribution is 4.89.